The van der Waals surface area contributed by atoms with E-state index < -0.39 is 10.0 Å². The molecule has 21 heavy (non-hydrogen) atoms. The lowest BCUT2D eigenvalue weighted by atomic mass is 10.3. The number of rotatable bonds is 6. The number of halogens is 1. The molecule has 0 aliphatic carbocycles. The van der Waals surface area contributed by atoms with E-state index in [1.807, 2.05) is 6.07 Å². The number of hydrogen-bond donors (Lipinski definition) is 1. The third kappa shape index (κ3) is 3.94. The van der Waals surface area contributed by atoms with E-state index in [0.29, 0.717) is 16.4 Å². The van der Waals surface area contributed by atoms with Gasteiger partial charge in [0.15, 0.2) is 0 Å². The molecule has 1 aromatic carbocycles. The molecule has 0 aliphatic heterocycles. The summed E-state index contributed by atoms with van der Waals surface area (Å²) in [6.45, 7) is 0.192. The van der Waals surface area contributed by atoms with Crippen molar-refractivity contribution in [3.63, 3.8) is 0 Å². The SMILES string of the molecule is NC(=S)CCN(c1ccccc1)S(=O)(=O)c1ccc(Cl)s1. The van der Waals surface area contributed by atoms with Gasteiger partial charge in [-0.15, -0.1) is 11.3 Å². The second kappa shape index (κ2) is 6.74. The van der Waals surface area contributed by atoms with Crippen LogP contribution < -0.4 is 10.0 Å². The van der Waals surface area contributed by atoms with Crippen LogP contribution in [0, 0.1) is 0 Å². The standard InChI is InChI=1S/C13H13ClN2O2S3/c14-11-6-7-13(20-11)21(17,18)16(9-8-12(15)19)10-4-2-1-3-5-10/h1-7H,8-9H2,(H2,15,19). The number of nitrogens with zero attached hydrogens (tertiary/aromatic N) is 1. The van der Waals surface area contributed by atoms with Crippen LogP contribution in [0.25, 0.3) is 0 Å². The van der Waals surface area contributed by atoms with Crippen LogP contribution in [0.15, 0.2) is 46.7 Å². The van der Waals surface area contributed by atoms with Gasteiger partial charge in [0.05, 0.1) is 15.0 Å². The van der Waals surface area contributed by atoms with Crippen LogP contribution in [0.4, 0.5) is 5.69 Å². The second-order valence-electron chi connectivity index (χ2n) is 4.19. The van der Waals surface area contributed by atoms with Crippen molar-refractivity contribution in [1.29, 1.82) is 0 Å². The van der Waals surface area contributed by atoms with E-state index in [1.54, 1.807) is 30.3 Å². The van der Waals surface area contributed by atoms with Gasteiger partial charge in [0.1, 0.15) is 4.21 Å². The molecule has 0 unspecified atom stereocenters. The fourth-order valence-electron chi connectivity index (χ4n) is 1.74. The van der Waals surface area contributed by atoms with Crippen LogP contribution in [-0.2, 0) is 10.0 Å². The molecular formula is C13H13ClN2O2S3. The van der Waals surface area contributed by atoms with Gasteiger partial charge in [-0.3, -0.25) is 4.31 Å². The van der Waals surface area contributed by atoms with E-state index in [4.69, 9.17) is 29.6 Å². The van der Waals surface area contributed by atoms with Gasteiger partial charge in [0, 0.05) is 13.0 Å². The van der Waals surface area contributed by atoms with E-state index in [9.17, 15) is 8.42 Å². The predicted molar refractivity (Wildman–Crippen MR) is 91.7 cm³/mol. The zero-order valence-electron chi connectivity index (χ0n) is 10.9. The molecule has 0 fully saturated rings. The highest BCUT2D eigenvalue weighted by atomic mass is 35.5. The molecule has 0 saturated carbocycles. The molecule has 0 aliphatic rings. The van der Waals surface area contributed by atoms with Crippen LogP contribution in [0.5, 0.6) is 0 Å². The van der Waals surface area contributed by atoms with E-state index in [2.05, 4.69) is 0 Å². The van der Waals surface area contributed by atoms with Crippen molar-refractivity contribution in [2.45, 2.75) is 10.6 Å². The lowest BCUT2D eigenvalue weighted by Crippen LogP contribution is -2.33. The maximum atomic E-state index is 12.8. The quantitative estimate of drug-likeness (QED) is 0.803. The van der Waals surface area contributed by atoms with Crippen molar-refractivity contribution in [2.75, 3.05) is 10.8 Å². The third-order valence-corrected chi connectivity index (χ3v) is 6.43. The average Bonchev–Trinajstić information content (AvgIpc) is 2.87. The molecule has 1 heterocycles. The van der Waals surface area contributed by atoms with Crippen LogP contribution >= 0.6 is 35.2 Å². The van der Waals surface area contributed by atoms with Crippen molar-refractivity contribution >= 4 is 55.9 Å². The minimum absolute atomic E-state index is 0.192. The Bertz CT molecular complexity index is 729. The normalized spacial score (nSPS) is 11.3. The van der Waals surface area contributed by atoms with Gasteiger partial charge in [-0.1, -0.05) is 42.0 Å². The first kappa shape index (κ1) is 16.2. The van der Waals surface area contributed by atoms with Gasteiger partial charge in [0.25, 0.3) is 10.0 Å². The monoisotopic (exact) mass is 360 g/mol. The molecule has 0 amide bonds. The first-order valence-electron chi connectivity index (χ1n) is 6.02. The zero-order valence-corrected chi connectivity index (χ0v) is 14.1. The van der Waals surface area contributed by atoms with Crippen LogP contribution in [-0.4, -0.2) is 20.0 Å². The molecule has 8 heteroatoms. The Labute approximate surface area is 138 Å². The van der Waals surface area contributed by atoms with Crippen molar-refractivity contribution < 1.29 is 8.42 Å². The number of hydrogen-bond acceptors (Lipinski definition) is 4. The first-order valence-corrected chi connectivity index (χ1v) is 9.07. The lowest BCUT2D eigenvalue weighted by Gasteiger charge is -2.23. The van der Waals surface area contributed by atoms with Crippen LogP contribution in [0.1, 0.15) is 6.42 Å². The number of nitrogens with two attached hydrogens (primary N) is 1. The van der Waals surface area contributed by atoms with Gasteiger partial charge >= 0.3 is 0 Å². The van der Waals surface area contributed by atoms with Crippen LogP contribution in [0.3, 0.4) is 0 Å². The summed E-state index contributed by atoms with van der Waals surface area (Å²) in [6.07, 6.45) is 0.308. The summed E-state index contributed by atoms with van der Waals surface area (Å²) in [6, 6.07) is 11.9. The van der Waals surface area contributed by atoms with E-state index >= 15 is 0 Å². The first-order chi connectivity index (χ1) is 9.91. The third-order valence-electron chi connectivity index (χ3n) is 2.70. The molecule has 0 saturated heterocycles. The van der Waals surface area contributed by atoms with E-state index in [1.165, 1.54) is 10.4 Å². The summed E-state index contributed by atoms with van der Waals surface area (Å²) in [5.41, 5.74) is 6.06. The molecule has 0 spiro atoms. The van der Waals surface area contributed by atoms with Gasteiger partial charge in [-0.2, -0.15) is 0 Å². The Balaban J connectivity index is 2.41. The molecule has 2 rings (SSSR count). The Morgan fingerprint density at radius 3 is 2.43 bits per heavy atom. The number of anilines is 1. The molecule has 0 radical (unpaired) electrons. The second-order valence-corrected chi connectivity index (χ2v) is 8.52. The summed E-state index contributed by atoms with van der Waals surface area (Å²) in [7, 11) is -3.68. The van der Waals surface area contributed by atoms with Crippen molar-refractivity contribution in [2.24, 2.45) is 5.73 Å². The molecule has 112 valence electrons. The summed E-state index contributed by atoms with van der Waals surface area (Å²) in [4.78, 5) is 0.273. The Morgan fingerprint density at radius 2 is 1.90 bits per heavy atom. The fourth-order valence-corrected chi connectivity index (χ4v) is 4.89. The van der Waals surface area contributed by atoms with Crippen molar-refractivity contribution in [3.05, 3.63) is 46.8 Å². The molecule has 4 nitrogen and oxygen atoms in total. The molecule has 1 aromatic heterocycles. The minimum Gasteiger partial charge on any atom is -0.393 e. The summed E-state index contributed by atoms with van der Waals surface area (Å²) in [5.74, 6) is 0. The van der Waals surface area contributed by atoms with E-state index in [-0.39, 0.29) is 15.7 Å². The Morgan fingerprint density at radius 1 is 1.24 bits per heavy atom. The maximum Gasteiger partial charge on any atom is 0.273 e. The van der Waals surface area contributed by atoms with Gasteiger partial charge in [-0.05, 0) is 24.3 Å². The van der Waals surface area contributed by atoms with E-state index in [0.717, 1.165) is 11.3 Å². The van der Waals surface area contributed by atoms with Crippen LogP contribution in [0.2, 0.25) is 4.34 Å². The molecule has 0 bridgehead atoms. The Hall–Kier alpha value is -1.15. The summed E-state index contributed by atoms with van der Waals surface area (Å²) < 4.78 is 27.4. The number of sulfonamides is 1. The molecule has 2 aromatic rings. The summed E-state index contributed by atoms with van der Waals surface area (Å²) in [5, 5.41) is 0. The number of thiophene rings is 1. The smallest absolute Gasteiger partial charge is 0.273 e. The lowest BCUT2D eigenvalue weighted by molar-refractivity contribution is 0.593. The Kier molecular flexibility index (Phi) is 5.21. The molecule has 2 N–H and O–H groups in total. The number of thiocarbonyl (C=S) groups is 1. The van der Waals surface area contributed by atoms with Gasteiger partial charge in [0.2, 0.25) is 0 Å². The number of para-hydroxylation sites is 1. The highest BCUT2D eigenvalue weighted by Gasteiger charge is 2.26. The summed E-state index contributed by atoms with van der Waals surface area (Å²) >= 11 is 11.7. The maximum absolute atomic E-state index is 12.8. The molecule has 0 atom stereocenters. The van der Waals surface area contributed by atoms with Crippen molar-refractivity contribution in [1.82, 2.24) is 0 Å². The number of benzene rings is 1. The van der Waals surface area contributed by atoms with Gasteiger partial charge in [-0.25, -0.2) is 8.42 Å². The fraction of sp³-hybridized carbons (Fsp3) is 0.154. The minimum atomic E-state index is -3.68. The largest absolute Gasteiger partial charge is 0.393 e. The predicted octanol–water partition coefficient (Wildman–Crippen LogP) is 3.27. The average molecular weight is 361 g/mol. The zero-order chi connectivity index (χ0) is 15.5. The van der Waals surface area contributed by atoms with Gasteiger partial charge < -0.3 is 5.73 Å². The highest BCUT2D eigenvalue weighted by Crippen LogP contribution is 2.30. The topological polar surface area (TPSA) is 63.4 Å². The highest BCUT2D eigenvalue weighted by molar-refractivity contribution is 7.94. The molecular weight excluding hydrogens is 348 g/mol. The van der Waals surface area contributed by atoms with Crippen molar-refractivity contribution in [3.8, 4) is 0 Å².